The maximum atomic E-state index is 12.7. The highest BCUT2D eigenvalue weighted by molar-refractivity contribution is 6.34. The van der Waals surface area contributed by atoms with Crippen molar-refractivity contribution in [1.82, 2.24) is 5.32 Å². The largest absolute Gasteiger partial charge is 0.464 e. The van der Waals surface area contributed by atoms with Gasteiger partial charge in [0.25, 0.3) is 0 Å². The average Bonchev–Trinajstić information content (AvgIpc) is 3.01. The molecule has 27 heavy (non-hydrogen) atoms. The Labute approximate surface area is 168 Å². The molecule has 1 aromatic rings. The molecular formula is C22H19Cl2NO2. The van der Waals surface area contributed by atoms with E-state index in [1.807, 2.05) is 6.92 Å². The summed E-state index contributed by atoms with van der Waals surface area (Å²) in [4.78, 5) is 12.7. The zero-order valence-corrected chi connectivity index (χ0v) is 16.4. The summed E-state index contributed by atoms with van der Waals surface area (Å²) in [5, 5.41) is 4.62. The number of allylic oxidation sites excluding steroid dienone is 6. The number of esters is 1. The number of hydrogen-bond acceptors (Lipinski definition) is 3. The first kappa shape index (κ1) is 17.2. The Kier molecular flexibility index (Phi) is 3.99. The minimum absolute atomic E-state index is 0.0340. The lowest BCUT2D eigenvalue weighted by molar-refractivity contribution is -0.144. The third kappa shape index (κ3) is 2.38. The van der Waals surface area contributed by atoms with Crippen LogP contribution in [0.25, 0.3) is 0 Å². The fraction of sp³-hybridized carbons (Fsp3) is 0.318. The van der Waals surface area contributed by atoms with Crippen LogP contribution < -0.4 is 5.32 Å². The molecule has 1 aromatic carbocycles. The SMILES string of the molecule is CCOC(=O)C1NC=C(Cl)C2=C1C1C(=C(Cl)C2)C2C=CCc3cccc1c32. The molecule has 0 radical (unpaired) electrons. The number of ether oxygens (including phenoxy) is 1. The fourth-order valence-electron chi connectivity index (χ4n) is 4.99. The van der Waals surface area contributed by atoms with Crippen molar-refractivity contribution in [3.05, 3.63) is 80.0 Å². The van der Waals surface area contributed by atoms with Gasteiger partial charge >= 0.3 is 5.97 Å². The quantitative estimate of drug-likeness (QED) is 0.573. The Morgan fingerprint density at radius 2 is 2.15 bits per heavy atom. The number of carbonyl (C=O) groups excluding carboxylic acids is 1. The molecule has 0 amide bonds. The molecule has 5 heteroatoms. The molecule has 1 aliphatic heterocycles. The molecule has 0 bridgehead atoms. The van der Waals surface area contributed by atoms with Crippen molar-refractivity contribution in [2.24, 2.45) is 0 Å². The summed E-state index contributed by atoms with van der Waals surface area (Å²) < 4.78 is 5.35. The molecule has 5 rings (SSSR count). The number of halogens is 2. The highest BCUT2D eigenvalue weighted by atomic mass is 35.5. The molecule has 3 nitrogen and oxygen atoms in total. The maximum Gasteiger partial charge on any atom is 0.332 e. The molecule has 3 atom stereocenters. The highest BCUT2D eigenvalue weighted by Gasteiger charge is 2.47. The zero-order chi connectivity index (χ0) is 18.7. The van der Waals surface area contributed by atoms with Gasteiger partial charge in [0.1, 0.15) is 6.04 Å². The van der Waals surface area contributed by atoms with Gasteiger partial charge in [0.2, 0.25) is 0 Å². The van der Waals surface area contributed by atoms with E-state index in [2.05, 4.69) is 35.7 Å². The van der Waals surface area contributed by atoms with Gasteiger partial charge in [0, 0.05) is 29.5 Å². The fourth-order valence-corrected chi connectivity index (χ4v) is 5.59. The average molecular weight is 400 g/mol. The molecule has 0 saturated carbocycles. The van der Waals surface area contributed by atoms with E-state index in [0.717, 1.165) is 22.6 Å². The first-order valence-corrected chi connectivity index (χ1v) is 10.1. The standard InChI is InChI=1S/C22H19Cl2NO2/c1-2-27-22(26)21-20-14(16(24)10-25-21)9-15(23)18-12-7-3-5-11-6-4-8-13(17(11)12)19(18)20/h3-4,6-8,10,12,19,21,25H,2,5,9H2,1H3. The van der Waals surface area contributed by atoms with Crippen LogP contribution in [0.2, 0.25) is 0 Å². The van der Waals surface area contributed by atoms with Gasteiger partial charge < -0.3 is 10.1 Å². The van der Waals surface area contributed by atoms with Crippen molar-refractivity contribution in [1.29, 1.82) is 0 Å². The summed E-state index contributed by atoms with van der Waals surface area (Å²) in [6, 6.07) is 5.92. The molecule has 0 fully saturated rings. The van der Waals surface area contributed by atoms with Crippen molar-refractivity contribution >= 4 is 29.2 Å². The van der Waals surface area contributed by atoms with E-state index in [0.29, 0.717) is 18.1 Å². The minimum Gasteiger partial charge on any atom is -0.464 e. The second-order valence-electron chi connectivity index (χ2n) is 7.28. The van der Waals surface area contributed by atoms with Gasteiger partial charge in [-0.1, -0.05) is 53.6 Å². The first-order chi connectivity index (χ1) is 13.1. The molecule has 0 spiro atoms. The van der Waals surface area contributed by atoms with E-state index in [4.69, 9.17) is 27.9 Å². The van der Waals surface area contributed by atoms with Crippen LogP contribution in [0.15, 0.2) is 63.3 Å². The van der Waals surface area contributed by atoms with Crippen LogP contribution in [0.5, 0.6) is 0 Å². The Balaban J connectivity index is 1.73. The topological polar surface area (TPSA) is 38.3 Å². The smallest absolute Gasteiger partial charge is 0.332 e. The van der Waals surface area contributed by atoms with Gasteiger partial charge in [-0.25, -0.2) is 4.79 Å². The van der Waals surface area contributed by atoms with Crippen molar-refractivity contribution in [3.8, 4) is 0 Å². The molecule has 3 unspecified atom stereocenters. The lowest BCUT2D eigenvalue weighted by Crippen LogP contribution is -2.42. The zero-order valence-electron chi connectivity index (χ0n) is 14.9. The number of benzene rings is 1. The first-order valence-electron chi connectivity index (χ1n) is 9.30. The summed E-state index contributed by atoms with van der Waals surface area (Å²) in [6.45, 7) is 2.17. The number of hydrogen-bond donors (Lipinski definition) is 1. The molecule has 138 valence electrons. The summed E-state index contributed by atoms with van der Waals surface area (Å²) >= 11 is 13.3. The van der Waals surface area contributed by atoms with Crippen LogP contribution >= 0.6 is 23.2 Å². The third-order valence-electron chi connectivity index (χ3n) is 5.97. The van der Waals surface area contributed by atoms with Gasteiger partial charge in [-0.15, -0.1) is 0 Å². The van der Waals surface area contributed by atoms with E-state index in [1.165, 1.54) is 22.3 Å². The summed E-state index contributed by atoms with van der Waals surface area (Å²) in [6.07, 6.45) is 7.66. The highest BCUT2D eigenvalue weighted by Crippen LogP contribution is 2.59. The van der Waals surface area contributed by atoms with Crippen LogP contribution in [0.1, 0.15) is 41.9 Å². The van der Waals surface area contributed by atoms with Gasteiger partial charge in [-0.3, -0.25) is 0 Å². The van der Waals surface area contributed by atoms with Crippen LogP contribution in [0, 0.1) is 0 Å². The Morgan fingerprint density at radius 1 is 1.30 bits per heavy atom. The van der Waals surface area contributed by atoms with Crippen LogP contribution in [-0.4, -0.2) is 18.6 Å². The Bertz CT molecular complexity index is 986. The molecule has 1 N–H and O–H groups in total. The Hall–Kier alpha value is -1.97. The monoisotopic (exact) mass is 399 g/mol. The van der Waals surface area contributed by atoms with Gasteiger partial charge in [-0.2, -0.15) is 0 Å². The lowest BCUT2D eigenvalue weighted by Gasteiger charge is -2.35. The van der Waals surface area contributed by atoms with Gasteiger partial charge in [0.15, 0.2) is 0 Å². The number of carbonyl (C=O) groups is 1. The normalized spacial score (nSPS) is 27.5. The van der Waals surface area contributed by atoms with Crippen molar-refractivity contribution in [2.45, 2.75) is 37.6 Å². The van der Waals surface area contributed by atoms with E-state index in [9.17, 15) is 4.79 Å². The molecule has 0 saturated heterocycles. The predicted molar refractivity (Wildman–Crippen MR) is 107 cm³/mol. The maximum absolute atomic E-state index is 12.7. The van der Waals surface area contributed by atoms with Crippen LogP contribution in [-0.2, 0) is 16.0 Å². The second-order valence-corrected chi connectivity index (χ2v) is 8.14. The number of dihydropyridines is 1. The number of fused-ring (bicyclic) bond motifs is 4. The summed E-state index contributed by atoms with van der Waals surface area (Å²) in [5.41, 5.74) is 7.07. The van der Waals surface area contributed by atoms with Crippen LogP contribution in [0.3, 0.4) is 0 Å². The molecule has 1 heterocycles. The molecule has 3 aliphatic carbocycles. The predicted octanol–water partition coefficient (Wildman–Crippen LogP) is 4.79. The van der Waals surface area contributed by atoms with Gasteiger partial charge in [-0.05, 0) is 46.8 Å². The number of rotatable bonds is 2. The van der Waals surface area contributed by atoms with E-state index >= 15 is 0 Å². The van der Waals surface area contributed by atoms with Crippen molar-refractivity contribution < 1.29 is 9.53 Å². The molecule has 4 aliphatic rings. The van der Waals surface area contributed by atoms with Crippen LogP contribution in [0.4, 0.5) is 0 Å². The van der Waals surface area contributed by atoms with E-state index in [1.54, 1.807) is 6.20 Å². The van der Waals surface area contributed by atoms with E-state index < -0.39 is 6.04 Å². The van der Waals surface area contributed by atoms with Crippen molar-refractivity contribution in [3.63, 3.8) is 0 Å². The summed E-state index contributed by atoms with van der Waals surface area (Å²) in [5.74, 6) is -0.119. The number of nitrogens with one attached hydrogen (secondary N) is 1. The summed E-state index contributed by atoms with van der Waals surface area (Å²) in [7, 11) is 0. The second kappa shape index (κ2) is 6.29. The van der Waals surface area contributed by atoms with E-state index in [-0.39, 0.29) is 17.8 Å². The lowest BCUT2D eigenvalue weighted by atomic mass is 9.75. The molecule has 0 aromatic heterocycles. The molecular weight excluding hydrogens is 381 g/mol. The van der Waals surface area contributed by atoms with Gasteiger partial charge in [0.05, 0.1) is 11.6 Å². The third-order valence-corrected chi connectivity index (χ3v) is 6.66. The Morgan fingerprint density at radius 3 is 2.96 bits per heavy atom. The van der Waals surface area contributed by atoms with Crippen molar-refractivity contribution in [2.75, 3.05) is 6.61 Å². The minimum atomic E-state index is -0.535.